The number of carbonyl (C=O) groups excluding carboxylic acids is 1. The minimum absolute atomic E-state index is 0.0429. The van der Waals surface area contributed by atoms with Crippen molar-refractivity contribution >= 4 is 22.6 Å². The number of likely N-dealkylation sites (tertiary alicyclic amines) is 1. The lowest BCUT2D eigenvalue weighted by atomic mass is 9.90. The average Bonchev–Trinajstić information content (AvgIpc) is 2.73. The molecule has 0 unspecified atom stereocenters. The van der Waals surface area contributed by atoms with E-state index in [9.17, 15) is 9.18 Å². The maximum atomic E-state index is 13.5. The largest absolute Gasteiger partial charge is 0.360 e. The zero-order valence-corrected chi connectivity index (χ0v) is 15.6. The minimum atomic E-state index is -0.350. The van der Waals surface area contributed by atoms with Crippen LogP contribution in [0.1, 0.15) is 18.4 Å². The molecule has 144 valence electrons. The molecule has 2 heterocycles. The molecule has 0 radical (unpaired) electrons. The summed E-state index contributed by atoms with van der Waals surface area (Å²) in [4.78, 5) is 22.8. The summed E-state index contributed by atoms with van der Waals surface area (Å²) in [7, 11) is 0. The number of fused-ring (bicyclic) bond motifs is 1. The molecule has 0 bridgehead atoms. The van der Waals surface area contributed by atoms with E-state index in [4.69, 9.17) is 0 Å². The molecule has 5 nitrogen and oxygen atoms in total. The second-order valence-electron chi connectivity index (χ2n) is 7.25. The topological polar surface area (TPSA) is 58.1 Å². The standard InChI is InChI=1S/C22H23FN4O/c23-18-6-7-20-19(13-18)22(26-15-25-20)24-14-21(28)27-10-8-17(9-11-27)12-16-4-2-1-3-5-16/h1-7,13,15,17H,8-12,14H2,(H,24,25,26). The number of hydrogen-bond acceptors (Lipinski definition) is 4. The fourth-order valence-electron chi connectivity index (χ4n) is 3.77. The maximum absolute atomic E-state index is 13.5. The van der Waals surface area contributed by atoms with Gasteiger partial charge >= 0.3 is 0 Å². The predicted molar refractivity (Wildman–Crippen MR) is 107 cm³/mol. The molecule has 1 amide bonds. The van der Waals surface area contributed by atoms with E-state index in [0.29, 0.717) is 22.6 Å². The van der Waals surface area contributed by atoms with Crippen LogP contribution in [-0.4, -0.2) is 40.4 Å². The van der Waals surface area contributed by atoms with E-state index in [0.717, 1.165) is 32.4 Å². The smallest absolute Gasteiger partial charge is 0.241 e. The Morgan fingerprint density at radius 1 is 1.11 bits per heavy atom. The fourth-order valence-corrected chi connectivity index (χ4v) is 3.77. The monoisotopic (exact) mass is 378 g/mol. The van der Waals surface area contributed by atoms with E-state index in [1.54, 1.807) is 6.07 Å². The van der Waals surface area contributed by atoms with Crippen LogP contribution in [0, 0.1) is 11.7 Å². The van der Waals surface area contributed by atoms with Crippen LogP contribution in [0.3, 0.4) is 0 Å². The number of amides is 1. The molecule has 1 saturated heterocycles. The first-order chi connectivity index (χ1) is 13.7. The molecule has 0 spiro atoms. The molecule has 1 aliphatic heterocycles. The van der Waals surface area contributed by atoms with Crippen molar-refractivity contribution < 1.29 is 9.18 Å². The van der Waals surface area contributed by atoms with E-state index in [1.807, 2.05) is 11.0 Å². The molecular formula is C22H23FN4O. The van der Waals surface area contributed by atoms with Gasteiger partial charge in [0.05, 0.1) is 12.1 Å². The van der Waals surface area contributed by atoms with Gasteiger partial charge in [-0.1, -0.05) is 30.3 Å². The van der Waals surface area contributed by atoms with Gasteiger partial charge in [0.15, 0.2) is 0 Å². The lowest BCUT2D eigenvalue weighted by Crippen LogP contribution is -2.41. The maximum Gasteiger partial charge on any atom is 0.241 e. The summed E-state index contributed by atoms with van der Waals surface area (Å²) in [5.74, 6) is 0.795. The summed E-state index contributed by atoms with van der Waals surface area (Å²) in [5, 5.41) is 3.63. The van der Waals surface area contributed by atoms with Crippen molar-refractivity contribution in [2.24, 2.45) is 5.92 Å². The van der Waals surface area contributed by atoms with Gasteiger partial charge in [-0.15, -0.1) is 0 Å². The third kappa shape index (κ3) is 4.27. The van der Waals surface area contributed by atoms with Crippen LogP contribution in [0.15, 0.2) is 54.9 Å². The summed E-state index contributed by atoms with van der Waals surface area (Å²) in [5.41, 5.74) is 2.00. The van der Waals surface area contributed by atoms with Gasteiger partial charge in [-0.2, -0.15) is 0 Å². The number of aromatic nitrogens is 2. The van der Waals surface area contributed by atoms with Gasteiger partial charge < -0.3 is 10.2 Å². The van der Waals surface area contributed by atoms with Crippen LogP contribution in [0.4, 0.5) is 10.2 Å². The van der Waals surface area contributed by atoms with E-state index in [1.165, 1.54) is 24.0 Å². The van der Waals surface area contributed by atoms with Crippen LogP contribution in [0.25, 0.3) is 10.9 Å². The molecule has 6 heteroatoms. The Morgan fingerprint density at radius 3 is 2.68 bits per heavy atom. The Labute approximate surface area is 163 Å². The lowest BCUT2D eigenvalue weighted by Gasteiger charge is -2.32. The van der Waals surface area contributed by atoms with Crippen molar-refractivity contribution in [2.75, 3.05) is 25.0 Å². The van der Waals surface area contributed by atoms with Crippen molar-refractivity contribution in [1.82, 2.24) is 14.9 Å². The van der Waals surface area contributed by atoms with Crippen molar-refractivity contribution in [3.8, 4) is 0 Å². The number of benzene rings is 2. The first-order valence-corrected chi connectivity index (χ1v) is 9.65. The lowest BCUT2D eigenvalue weighted by molar-refractivity contribution is -0.130. The van der Waals surface area contributed by atoms with Gasteiger partial charge in [0.25, 0.3) is 0 Å². The predicted octanol–water partition coefficient (Wildman–Crippen LogP) is 3.66. The Bertz CT molecular complexity index is 955. The molecule has 1 aromatic heterocycles. The molecule has 4 rings (SSSR count). The average molecular weight is 378 g/mol. The van der Waals surface area contributed by atoms with E-state index < -0.39 is 0 Å². The third-order valence-electron chi connectivity index (χ3n) is 5.34. The number of hydrogen-bond donors (Lipinski definition) is 1. The van der Waals surface area contributed by atoms with E-state index in [-0.39, 0.29) is 18.3 Å². The van der Waals surface area contributed by atoms with Crippen molar-refractivity contribution in [1.29, 1.82) is 0 Å². The number of rotatable bonds is 5. The van der Waals surface area contributed by atoms with Crippen LogP contribution in [0.2, 0.25) is 0 Å². The molecule has 2 aromatic carbocycles. The summed E-state index contributed by atoms with van der Waals surface area (Å²) in [6.07, 6.45) is 4.52. The zero-order valence-electron chi connectivity index (χ0n) is 15.6. The molecule has 0 aliphatic carbocycles. The summed E-state index contributed by atoms with van der Waals surface area (Å²) >= 11 is 0. The summed E-state index contributed by atoms with van der Waals surface area (Å²) < 4.78 is 13.5. The molecular weight excluding hydrogens is 355 g/mol. The quantitative estimate of drug-likeness (QED) is 0.736. The normalized spacial score (nSPS) is 15.0. The Hall–Kier alpha value is -3.02. The van der Waals surface area contributed by atoms with Gasteiger partial charge in [-0.25, -0.2) is 14.4 Å². The highest BCUT2D eigenvalue weighted by Crippen LogP contribution is 2.23. The molecule has 1 aliphatic rings. The zero-order chi connectivity index (χ0) is 19.3. The summed E-state index contributed by atoms with van der Waals surface area (Å²) in [6.45, 7) is 1.69. The van der Waals surface area contributed by atoms with E-state index >= 15 is 0 Å². The molecule has 0 atom stereocenters. The second-order valence-corrected chi connectivity index (χ2v) is 7.25. The number of nitrogens with zero attached hydrogens (tertiary/aromatic N) is 3. The summed E-state index contributed by atoms with van der Waals surface area (Å²) in [6, 6.07) is 14.9. The van der Waals surface area contributed by atoms with Crippen LogP contribution < -0.4 is 5.32 Å². The first-order valence-electron chi connectivity index (χ1n) is 9.65. The number of halogens is 1. The first kappa shape index (κ1) is 18.3. The number of anilines is 1. The highest BCUT2D eigenvalue weighted by molar-refractivity contribution is 5.90. The van der Waals surface area contributed by atoms with Crippen molar-refractivity contribution in [3.63, 3.8) is 0 Å². The number of carbonyl (C=O) groups is 1. The van der Waals surface area contributed by atoms with E-state index in [2.05, 4.69) is 39.6 Å². The molecule has 3 aromatic rings. The van der Waals surface area contributed by atoms with Gasteiger partial charge in [0, 0.05) is 18.5 Å². The third-order valence-corrected chi connectivity index (χ3v) is 5.34. The Morgan fingerprint density at radius 2 is 1.89 bits per heavy atom. The van der Waals surface area contributed by atoms with Crippen LogP contribution in [0.5, 0.6) is 0 Å². The number of piperidine rings is 1. The Kier molecular flexibility index (Phi) is 5.46. The van der Waals surface area contributed by atoms with Gasteiger partial charge in [0.1, 0.15) is 18.0 Å². The van der Waals surface area contributed by atoms with Gasteiger partial charge in [-0.3, -0.25) is 4.79 Å². The minimum Gasteiger partial charge on any atom is -0.360 e. The Balaban J connectivity index is 1.31. The van der Waals surface area contributed by atoms with Crippen LogP contribution in [-0.2, 0) is 11.2 Å². The highest BCUT2D eigenvalue weighted by Gasteiger charge is 2.23. The van der Waals surface area contributed by atoms with Crippen molar-refractivity contribution in [3.05, 3.63) is 66.2 Å². The van der Waals surface area contributed by atoms with Gasteiger partial charge in [0.2, 0.25) is 5.91 Å². The SMILES string of the molecule is O=C(CNc1ncnc2ccc(F)cc12)N1CCC(Cc2ccccc2)CC1. The molecule has 0 saturated carbocycles. The van der Waals surface area contributed by atoms with Crippen molar-refractivity contribution in [2.45, 2.75) is 19.3 Å². The fraction of sp³-hybridized carbons (Fsp3) is 0.318. The molecule has 1 fully saturated rings. The number of nitrogens with one attached hydrogen (secondary N) is 1. The highest BCUT2D eigenvalue weighted by atomic mass is 19.1. The van der Waals surface area contributed by atoms with Gasteiger partial charge in [-0.05, 0) is 48.9 Å². The molecule has 28 heavy (non-hydrogen) atoms. The second kappa shape index (κ2) is 8.33. The van der Waals surface area contributed by atoms with Crippen LogP contribution >= 0.6 is 0 Å². The molecule has 1 N–H and O–H groups in total.